The van der Waals surface area contributed by atoms with Gasteiger partial charge in [-0.3, -0.25) is 0 Å². The Morgan fingerprint density at radius 2 is 1.84 bits per heavy atom. The van der Waals surface area contributed by atoms with Crippen LogP contribution in [0.3, 0.4) is 0 Å². The third-order valence-corrected chi connectivity index (χ3v) is 4.18. The second-order valence-electron chi connectivity index (χ2n) is 5.40. The molecular weight excluding hydrogens is 402 g/mol. The number of hydrogen-bond donors (Lipinski definition) is 1. The van der Waals surface area contributed by atoms with Gasteiger partial charge in [-0.2, -0.15) is 4.98 Å². The van der Waals surface area contributed by atoms with Gasteiger partial charge in [-0.05, 0) is 54.1 Å². The lowest BCUT2D eigenvalue weighted by molar-refractivity contribution is -0.00000525. The molecule has 4 aromatic rings. The van der Waals surface area contributed by atoms with Crippen molar-refractivity contribution in [3.63, 3.8) is 0 Å². The van der Waals surface area contributed by atoms with E-state index in [9.17, 15) is 0 Å². The summed E-state index contributed by atoms with van der Waals surface area (Å²) >= 11 is 3.49. The molecule has 0 spiro atoms. The van der Waals surface area contributed by atoms with Gasteiger partial charge >= 0.3 is 0 Å². The minimum Gasteiger partial charge on any atom is -1.00 e. The number of oxazole rings is 1. The summed E-state index contributed by atoms with van der Waals surface area (Å²) in [7, 11) is 0. The van der Waals surface area contributed by atoms with Crippen LogP contribution in [0.2, 0.25) is 0 Å². The Labute approximate surface area is 159 Å². The van der Waals surface area contributed by atoms with Gasteiger partial charge in [0.2, 0.25) is 5.89 Å². The molecule has 0 saturated carbocycles. The lowest BCUT2D eigenvalue weighted by Crippen LogP contribution is -3.00. The van der Waals surface area contributed by atoms with Crippen molar-refractivity contribution in [3.05, 3.63) is 76.9 Å². The number of nitrogens with zero attached hydrogens (tertiary/aromatic N) is 2. The van der Waals surface area contributed by atoms with Crippen LogP contribution in [0.5, 0.6) is 0 Å². The molecule has 6 heteroatoms. The number of pyridine rings is 1. The Bertz CT molecular complexity index is 952. The third-order valence-electron chi connectivity index (χ3n) is 3.68. The molecule has 2 aromatic heterocycles. The summed E-state index contributed by atoms with van der Waals surface area (Å²) < 4.78 is 6.82. The molecule has 0 unspecified atom stereocenters. The molecule has 2 heterocycles. The number of aromatic nitrogens is 2. The van der Waals surface area contributed by atoms with Crippen molar-refractivity contribution < 1.29 is 16.8 Å². The van der Waals surface area contributed by atoms with Gasteiger partial charge in [0.1, 0.15) is 0 Å². The predicted octanol–water partition coefficient (Wildman–Crippen LogP) is 2.27. The summed E-state index contributed by atoms with van der Waals surface area (Å²) in [5, 5.41) is 3.41. The van der Waals surface area contributed by atoms with Crippen LogP contribution < -0.4 is 17.7 Å². The highest BCUT2D eigenvalue weighted by Crippen LogP contribution is 2.24. The topological polar surface area (TPSA) is 51.0 Å². The van der Waals surface area contributed by atoms with Crippen LogP contribution in [0.15, 0.2) is 75.8 Å². The fraction of sp³-hybridized carbons (Fsp3) is 0.0526. The van der Waals surface area contributed by atoms with Crippen LogP contribution in [-0.4, -0.2) is 9.97 Å². The van der Waals surface area contributed by atoms with Gasteiger partial charge in [-0.25, -0.2) is 4.98 Å². The molecule has 0 aliphatic rings. The highest BCUT2D eigenvalue weighted by molar-refractivity contribution is 9.10. The van der Waals surface area contributed by atoms with Crippen molar-refractivity contribution in [3.8, 4) is 11.5 Å². The number of benzene rings is 2. The largest absolute Gasteiger partial charge is 1.00 e. The van der Waals surface area contributed by atoms with E-state index in [1.165, 1.54) is 5.56 Å². The molecule has 2 aromatic carbocycles. The minimum atomic E-state index is 0. The Hall–Kier alpha value is -2.37. The normalized spacial score (nSPS) is 10.4. The molecule has 0 amide bonds. The molecule has 0 atom stereocenters. The molecule has 0 aliphatic heterocycles. The lowest BCUT2D eigenvalue weighted by Gasteiger charge is -2.07. The average molecular weight is 416 g/mol. The van der Waals surface area contributed by atoms with E-state index in [1.807, 2.05) is 48.5 Å². The van der Waals surface area contributed by atoms with E-state index in [0.717, 1.165) is 22.3 Å². The average Bonchev–Trinajstić information content (AvgIpc) is 3.05. The van der Waals surface area contributed by atoms with E-state index in [-0.39, 0.29) is 12.4 Å². The maximum absolute atomic E-state index is 5.74. The Morgan fingerprint density at radius 1 is 1.00 bits per heavy atom. The van der Waals surface area contributed by atoms with Crippen molar-refractivity contribution in [2.24, 2.45) is 0 Å². The molecular formula is C19H14BrClN3O-. The molecule has 0 saturated heterocycles. The molecule has 0 bridgehead atoms. The van der Waals surface area contributed by atoms with Crippen LogP contribution in [0, 0.1) is 0 Å². The molecule has 4 rings (SSSR count). The Morgan fingerprint density at radius 3 is 2.60 bits per heavy atom. The maximum Gasteiger partial charge on any atom is 0.228 e. The van der Waals surface area contributed by atoms with E-state index in [4.69, 9.17) is 4.42 Å². The first kappa shape index (κ1) is 17.5. The smallest absolute Gasteiger partial charge is 0.228 e. The molecule has 0 aliphatic carbocycles. The molecule has 25 heavy (non-hydrogen) atoms. The van der Waals surface area contributed by atoms with Gasteiger partial charge in [0.15, 0.2) is 11.2 Å². The molecule has 0 radical (unpaired) electrons. The second kappa shape index (κ2) is 7.68. The highest BCUT2D eigenvalue weighted by Gasteiger charge is 2.08. The summed E-state index contributed by atoms with van der Waals surface area (Å²) in [6, 6.07) is 20.0. The fourth-order valence-electron chi connectivity index (χ4n) is 2.47. The van der Waals surface area contributed by atoms with Gasteiger partial charge < -0.3 is 22.1 Å². The summed E-state index contributed by atoms with van der Waals surface area (Å²) in [5.74, 6) is 0.585. The first-order chi connectivity index (χ1) is 11.8. The number of halogens is 2. The number of hydrogen-bond acceptors (Lipinski definition) is 4. The van der Waals surface area contributed by atoms with Crippen molar-refractivity contribution in [1.82, 2.24) is 9.97 Å². The molecule has 4 nitrogen and oxygen atoms in total. The van der Waals surface area contributed by atoms with E-state index in [1.54, 1.807) is 6.20 Å². The fourth-order valence-corrected chi connectivity index (χ4v) is 2.92. The predicted molar refractivity (Wildman–Crippen MR) is 98.7 cm³/mol. The quantitative estimate of drug-likeness (QED) is 0.555. The first-order valence-electron chi connectivity index (χ1n) is 7.58. The number of nitrogens with one attached hydrogen (secondary N) is 1. The van der Waals surface area contributed by atoms with E-state index >= 15 is 0 Å². The number of fused-ring (bicyclic) bond motifs is 1. The SMILES string of the molecule is Brc1cccc(CNc2ccc(-c3nc4ncccc4o3)cc2)c1.[Cl-]. The van der Waals surface area contributed by atoms with Gasteiger partial charge in [-0.15, -0.1) is 0 Å². The summed E-state index contributed by atoms with van der Waals surface area (Å²) in [4.78, 5) is 8.61. The van der Waals surface area contributed by atoms with Crippen molar-refractivity contribution in [2.45, 2.75) is 6.54 Å². The van der Waals surface area contributed by atoms with Crippen molar-refractivity contribution >= 4 is 32.8 Å². The van der Waals surface area contributed by atoms with E-state index in [0.29, 0.717) is 17.1 Å². The molecule has 1 N–H and O–H groups in total. The van der Waals surface area contributed by atoms with Crippen molar-refractivity contribution in [1.29, 1.82) is 0 Å². The van der Waals surface area contributed by atoms with Gasteiger partial charge in [0, 0.05) is 28.5 Å². The second-order valence-corrected chi connectivity index (χ2v) is 6.32. The van der Waals surface area contributed by atoms with Crippen LogP contribution >= 0.6 is 15.9 Å². The van der Waals surface area contributed by atoms with Crippen LogP contribution in [0.1, 0.15) is 5.56 Å². The standard InChI is InChI=1S/C19H14BrN3O.ClH/c20-15-4-1-3-13(11-15)12-22-16-8-6-14(7-9-16)19-23-18-17(24-19)5-2-10-21-18;/h1-11,22H,12H2;1H/p-1. The van der Waals surface area contributed by atoms with Gasteiger partial charge in [0.05, 0.1) is 0 Å². The van der Waals surface area contributed by atoms with E-state index < -0.39 is 0 Å². The minimum absolute atomic E-state index is 0. The molecule has 126 valence electrons. The zero-order valence-corrected chi connectivity index (χ0v) is 15.5. The maximum atomic E-state index is 5.74. The lowest BCUT2D eigenvalue weighted by atomic mass is 10.2. The summed E-state index contributed by atoms with van der Waals surface area (Å²) in [6.07, 6.45) is 1.71. The van der Waals surface area contributed by atoms with E-state index in [2.05, 4.69) is 43.3 Å². The highest BCUT2D eigenvalue weighted by atomic mass is 79.9. The van der Waals surface area contributed by atoms with Crippen LogP contribution in [-0.2, 0) is 6.54 Å². The Kier molecular flexibility index (Phi) is 5.36. The number of rotatable bonds is 4. The third kappa shape index (κ3) is 4.00. The van der Waals surface area contributed by atoms with Crippen LogP contribution in [0.25, 0.3) is 22.7 Å². The zero-order valence-electron chi connectivity index (χ0n) is 13.1. The summed E-state index contributed by atoms with van der Waals surface area (Å²) in [5.41, 5.74) is 4.53. The first-order valence-corrected chi connectivity index (χ1v) is 8.37. The van der Waals surface area contributed by atoms with Crippen molar-refractivity contribution in [2.75, 3.05) is 5.32 Å². The summed E-state index contributed by atoms with van der Waals surface area (Å²) in [6.45, 7) is 0.769. The van der Waals surface area contributed by atoms with Gasteiger partial charge in [0.25, 0.3) is 0 Å². The number of anilines is 1. The zero-order chi connectivity index (χ0) is 16.4. The van der Waals surface area contributed by atoms with Crippen LogP contribution in [0.4, 0.5) is 5.69 Å². The van der Waals surface area contributed by atoms with Gasteiger partial charge in [-0.1, -0.05) is 28.1 Å². The Balaban J connectivity index is 0.00000182. The monoisotopic (exact) mass is 414 g/mol. The molecule has 0 fully saturated rings.